The van der Waals surface area contributed by atoms with Crippen molar-refractivity contribution in [2.45, 2.75) is 44.9 Å². The normalized spacial score (nSPS) is 15.9. The molecule has 1 heterocycles. The van der Waals surface area contributed by atoms with Gasteiger partial charge in [-0.1, -0.05) is 44.0 Å². The zero-order chi connectivity index (χ0) is 18.1. The van der Waals surface area contributed by atoms with Gasteiger partial charge in [0.2, 0.25) is 15.9 Å². The van der Waals surface area contributed by atoms with Gasteiger partial charge in [0.25, 0.3) is 0 Å². The first-order valence-electron chi connectivity index (χ1n) is 8.92. The van der Waals surface area contributed by atoms with Gasteiger partial charge in [-0.15, -0.1) is 0 Å². The Balaban J connectivity index is 1.96. The van der Waals surface area contributed by atoms with Crippen LogP contribution in [0.4, 0.5) is 0 Å². The van der Waals surface area contributed by atoms with Crippen LogP contribution in [0.3, 0.4) is 0 Å². The summed E-state index contributed by atoms with van der Waals surface area (Å²) in [5.41, 5.74) is 1.59. The van der Waals surface area contributed by atoms with Crippen molar-refractivity contribution >= 4 is 15.9 Å². The molecule has 1 aliphatic rings. The number of benzene rings is 1. The monoisotopic (exact) mass is 368 g/mol. The Kier molecular flexibility index (Phi) is 7.87. The minimum Gasteiger partial charge on any atom is -0.379 e. The van der Waals surface area contributed by atoms with Crippen molar-refractivity contribution in [3.8, 4) is 0 Å². The smallest absolute Gasteiger partial charge is 0.220 e. The number of ether oxygens (including phenoxy) is 1. The summed E-state index contributed by atoms with van der Waals surface area (Å²) in [6.07, 6.45) is 3.52. The van der Waals surface area contributed by atoms with Crippen molar-refractivity contribution in [3.05, 3.63) is 35.4 Å². The highest BCUT2D eigenvalue weighted by Crippen LogP contribution is 2.16. The molecule has 0 unspecified atom stereocenters. The largest absolute Gasteiger partial charge is 0.379 e. The standard InChI is InChI=1S/C18H28N2O4S/c1-2-3-4-9-18(21)19-14-16-7-5-6-8-17(16)15-25(22,23)20-10-12-24-13-11-20/h5-8H,2-4,9-15H2,1H3,(H,19,21). The fraction of sp³-hybridized carbons (Fsp3) is 0.611. The highest BCUT2D eigenvalue weighted by atomic mass is 32.2. The molecule has 1 aromatic rings. The first kappa shape index (κ1) is 19.9. The third-order valence-electron chi connectivity index (χ3n) is 4.30. The third kappa shape index (κ3) is 6.41. The molecular weight excluding hydrogens is 340 g/mol. The lowest BCUT2D eigenvalue weighted by Crippen LogP contribution is -2.41. The lowest BCUT2D eigenvalue weighted by Gasteiger charge is -2.26. The van der Waals surface area contributed by atoms with Crippen molar-refractivity contribution in [3.63, 3.8) is 0 Å². The molecule has 1 aromatic carbocycles. The van der Waals surface area contributed by atoms with Gasteiger partial charge in [0.05, 0.1) is 19.0 Å². The topological polar surface area (TPSA) is 75.7 Å². The number of rotatable bonds is 9. The van der Waals surface area contributed by atoms with E-state index in [1.807, 2.05) is 24.3 Å². The lowest BCUT2D eigenvalue weighted by molar-refractivity contribution is -0.121. The van der Waals surface area contributed by atoms with Crippen molar-refractivity contribution in [1.29, 1.82) is 0 Å². The van der Waals surface area contributed by atoms with Gasteiger partial charge in [0.1, 0.15) is 0 Å². The van der Waals surface area contributed by atoms with E-state index in [0.29, 0.717) is 39.3 Å². The predicted molar refractivity (Wildman–Crippen MR) is 97.4 cm³/mol. The van der Waals surface area contributed by atoms with E-state index in [-0.39, 0.29) is 11.7 Å². The first-order chi connectivity index (χ1) is 12.0. The Labute approximate surface area is 150 Å². The summed E-state index contributed by atoms with van der Waals surface area (Å²) in [5.74, 6) is -0.0335. The summed E-state index contributed by atoms with van der Waals surface area (Å²) in [5, 5.41) is 2.90. The maximum Gasteiger partial charge on any atom is 0.220 e. The molecule has 0 aliphatic carbocycles. The number of amides is 1. The summed E-state index contributed by atoms with van der Waals surface area (Å²) < 4.78 is 31.9. The molecule has 0 atom stereocenters. The van der Waals surface area contributed by atoms with E-state index in [0.717, 1.165) is 30.4 Å². The average molecular weight is 368 g/mol. The minimum atomic E-state index is -3.37. The van der Waals surface area contributed by atoms with Crippen LogP contribution in [-0.2, 0) is 31.9 Å². The Hall–Kier alpha value is -1.44. The Bertz CT molecular complexity index is 655. The van der Waals surface area contributed by atoms with E-state index >= 15 is 0 Å². The van der Waals surface area contributed by atoms with E-state index in [9.17, 15) is 13.2 Å². The molecule has 6 nitrogen and oxygen atoms in total. The molecule has 0 radical (unpaired) electrons. The predicted octanol–water partition coefficient (Wildman–Crippen LogP) is 2.05. The molecule has 1 aliphatic heterocycles. The molecule has 0 spiro atoms. The van der Waals surface area contributed by atoms with Crippen LogP contribution in [0.5, 0.6) is 0 Å². The molecule has 1 amide bonds. The van der Waals surface area contributed by atoms with Gasteiger partial charge in [-0.3, -0.25) is 4.79 Å². The van der Waals surface area contributed by atoms with Crippen LogP contribution in [-0.4, -0.2) is 44.9 Å². The number of carbonyl (C=O) groups is 1. The van der Waals surface area contributed by atoms with Crippen LogP contribution in [0.15, 0.2) is 24.3 Å². The summed E-state index contributed by atoms with van der Waals surface area (Å²) in [6.45, 7) is 4.14. The maximum absolute atomic E-state index is 12.6. The van der Waals surface area contributed by atoms with Gasteiger partial charge in [-0.25, -0.2) is 8.42 Å². The average Bonchev–Trinajstić information content (AvgIpc) is 2.62. The van der Waals surface area contributed by atoms with Crippen LogP contribution in [0.25, 0.3) is 0 Å². The van der Waals surface area contributed by atoms with Gasteiger partial charge in [-0.2, -0.15) is 4.31 Å². The van der Waals surface area contributed by atoms with Crippen molar-refractivity contribution in [1.82, 2.24) is 9.62 Å². The molecule has 25 heavy (non-hydrogen) atoms. The highest BCUT2D eigenvalue weighted by Gasteiger charge is 2.25. The van der Waals surface area contributed by atoms with Crippen LogP contribution in [0, 0.1) is 0 Å². The number of hydrogen-bond acceptors (Lipinski definition) is 4. The fourth-order valence-electron chi connectivity index (χ4n) is 2.80. The Morgan fingerprint density at radius 1 is 1.16 bits per heavy atom. The van der Waals surface area contributed by atoms with Gasteiger partial charge in [-0.05, 0) is 17.5 Å². The van der Waals surface area contributed by atoms with Gasteiger partial charge >= 0.3 is 0 Å². The number of nitrogens with zero attached hydrogens (tertiary/aromatic N) is 1. The summed E-state index contributed by atoms with van der Waals surface area (Å²) in [4.78, 5) is 11.9. The molecule has 1 fully saturated rings. The maximum atomic E-state index is 12.6. The fourth-order valence-corrected chi connectivity index (χ4v) is 4.36. The van der Waals surface area contributed by atoms with Crippen molar-refractivity contribution < 1.29 is 17.9 Å². The van der Waals surface area contributed by atoms with Crippen molar-refractivity contribution in [2.24, 2.45) is 0 Å². The van der Waals surface area contributed by atoms with Gasteiger partial charge in [0.15, 0.2) is 0 Å². The number of nitrogens with one attached hydrogen (secondary N) is 1. The number of unbranched alkanes of at least 4 members (excludes halogenated alkanes) is 2. The molecule has 1 N–H and O–H groups in total. The van der Waals surface area contributed by atoms with E-state index in [1.54, 1.807) is 0 Å². The highest BCUT2D eigenvalue weighted by molar-refractivity contribution is 7.88. The number of morpholine rings is 1. The second kappa shape index (κ2) is 9.89. The summed E-state index contributed by atoms with van der Waals surface area (Å²) >= 11 is 0. The summed E-state index contributed by atoms with van der Waals surface area (Å²) in [6, 6.07) is 7.38. The number of carbonyl (C=O) groups excluding carboxylic acids is 1. The lowest BCUT2D eigenvalue weighted by atomic mass is 10.1. The van der Waals surface area contributed by atoms with Gasteiger partial charge < -0.3 is 10.1 Å². The van der Waals surface area contributed by atoms with Crippen LogP contribution >= 0.6 is 0 Å². The molecule has 0 aromatic heterocycles. The number of sulfonamides is 1. The van der Waals surface area contributed by atoms with E-state index in [2.05, 4.69) is 12.2 Å². The third-order valence-corrected chi connectivity index (χ3v) is 6.13. The quantitative estimate of drug-likeness (QED) is 0.677. The number of hydrogen-bond donors (Lipinski definition) is 1. The first-order valence-corrected chi connectivity index (χ1v) is 10.5. The molecule has 2 rings (SSSR count). The SMILES string of the molecule is CCCCCC(=O)NCc1ccccc1CS(=O)(=O)N1CCOCC1. The zero-order valence-electron chi connectivity index (χ0n) is 14.9. The van der Waals surface area contributed by atoms with Crippen LogP contribution in [0.2, 0.25) is 0 Å². The zero-order valence-corrected chi connectivity index (χ0v) is 15.7. The van der Waals surface area contributed by atoms with E-state index in [4.69, 9.17) is 4.74 Å². The molecule has 0 saturated carbocycles. The molecular formula is C18H28N2O4S. The van der Waals surface area contributed by atoms with Gasteiger partial charge in [0, 0.05) is 26.1 Å². The Morgan fingerprint density at radius 3 is 2.52 bits per heavy atom. The van der Waals surface area contributed by atoms with Crippen molar-refractivity contribution in [2.75, 3.05) is 26.3 Å². The van der Waals surface area contributed by atoms with Crippen LogP contribution in [0.1, 0.15) is 43.7 Å². The molecule has 1 saturated heterocycles. The van der Waals surface area contributed by atoms with E-state index in [1.165, 1.54) is 4.31 Å². The minimum absolute atomic E-state index is 0.0132. The van der Waals surface area contributed by atoms with E-state index < -0.39 is 10.0 Å². The molecule has 140 valence electrons. The second-order valence-electron chi connectivity index (χ2n) is 6.27. The molecule has 0 bridgehead atoms. The molecule has 7 heteroatoms. The Morgan fingerprint density at radius 2 is 1.84 bits per heavy atom. The summed E-state index contributed by atoms with van der Waals surface area (Å²) in [7, 11) is -3.37. The second-order valence-corrected chi connectivity index (χ2v) is 8.24. The van der Waals surface area contributed by atoms with Crippen LogP contribution < -0.4 is 5.32 Å².